The van der Waals surface area contributed by atoms with Gasteiger partial charge in [-0.25, -0.2) is 14.1 Å². The van der Waals surface area contributed by atoms with Crippen LogP contribution in [-0.2, 0) is 6.42 Å². The minimum absolute atomic E-state index is 0.200. The highest BCUT2D eigenvalue weighted by Gasteiger charge is 2.14. The van der Waals surface area contributed by atoms with Crippen LogP contribution in [0.5, 0.6) is 0 Å². The van der Waals surface area contributed by atoms with Crippen LogP contribution in [0.1, 0.15) is 21.5 Å². The number of rotatable bonds is 6. The van der Waals surface area contributed by atoms with Crippen LogP contribution in [0, 0.1) is 12.7 Å². The quantitative estimate of drug-likeness (QED) is 0.545. The van der Waals surface area contributed by atoms with E-state index in [1.165, 1.54) is 10.9 Å². The number of nitrogens with one attached hydrogen (secondary N) is 1. The van der Waals surface area contributed by atoms with Gasteiger partial charge in [0.05, 0.1) is 36.0 Å². The van der Waals surface area contributed by atoms with E-state index in [4.69, 9.17) is 0 Å². The highest BCUT2D eigenvalue weighted by atomic mass is 19.1. The molecule has 0 unspecified atom stereocenters. The van der Waals surface area contributed by atoms with Gasteiger partial charge in [-0.2, -0.15) is 20.1 Å². The molecule has 3 aromatic heterocycles. The number of carbonyl (C=O) groups is 1. The Hall–Kier alpha value is -3.88. The van der Waals surface area contributed by atoms with Crippen molar-refractivity contribution in [2.24, 2.45) is 0 Å². The van der Waals surface area contributed by atoms with E-state index >= 15 is 0 Å². The van der Waals surface area contributed by atoms with E-state index in [-0.39, 0.29) is 5.91 Å². The number of aryl methyl sites for hydroxylation is 1. The van der Waals surface area contributed by atoms with E-state index < -0.39 is 5.82 Å². The molecule has 0 fully saturated rings. The van der Waals surface area contributed by atoms with E-state index in [2.05, 4.69) is 25.6 Å². The first-order valence-corrected chi connectivity index (χ1v) is 9.01. The Bertz CT molecular complexity index is 1120. The molecule has 0 atom stereocenters. The third-order valence-corrected chi connectivity index (χ3v) is 4.31. The standard InChI is InChI=1S/C20H18FN7O/c1-14-2-4-18(28-24-8-9-25-28)17(10-14)20(29)22-7-6-15-11-26-27(13-15)19-5-3-16(21)12-23-19/h2-5,8-13H,6-7H2,1H3,(H,22,29). The van der Waals surface area contributed by atoms with Crippen LogP contribution in [0.25, 0.3) is 11.5 Å². The average molecular weight is 391 g/mol. The molecule has 0 bridgehead atoms. The van der Waals surface area contributed by atoms with Crippen LogP contribution in [0.4, 0.5) is 4.39 Å². The van der Waals surface area contributed by atoms with Crippen molar-refractivity contribution in [3.63, 3.8) is 0 Å². The fraction of sp³-hybridized carbons (Fsp3) is 0.150. The summed E-state index contributed by atoms with van der Waals surface area (Å²) in [6, 6.07) is 8.43. The minimum Gasteiger partial charge on any atom is -0.352 e. The maximum absolute atomic E-state index is 13.0. The summed E-state index contributed by atoms with van der Waals surface area (Å²) in [4.78, 5) is 18.1. The SMILES string of the molecule is Cc1ccc(-n2nccn2)c(C(=O)NCCc2cnn(-c3ccc(F)cn3)c2)c1. The van der Waals surface area contributed by atoms with Gasteiger partial charge in [-0.05, 0) is 43.2 Å². The lowest BCUT2D eigenvalue weighted by atomic mass is 10.1. The van der Waals surface area contributed by atoms with E-state index in [1.54, 1.807) is 35.5 Å². The molecule has 3 heterocycles. The average Bonchev–Trinajstić information content (AvgIpc) is 3.41. The number of nitrogens with zero attached hydrogens (tertiary/aromatic N) is 6. The predicted octanol–water partition coefficient (Wildman–Crippen LogP) is 2.27. The molecule has 0 spiro atoms. The van der Waals surface area contributed by atoms with Gasteiger partial charge < -0.3 is 5.32 Å². The summed E-state index contributed by atoms with van der Waals surface area (Å²) in [5.74, 6) is -0.0731. The first-order valence-electron chi connectivity index (χ1n) is 9.01. The van der Waals surface area contributed by atoms with Crippen molar-refractivity contribution in [3.8, 4) is 11.5 Å². The number of amides is 1. The van der Waals surface area contributed by atoms with Gasteiger partial charge in [-0.3, -0.25) is 4.79 Å². The Labute approximate surface area is 166 Å². The topological polar surface area (TPSA) is 90.5 Å². The smallest absolute Gasteiger partial charge is 0.253 e. The summed E-state index contributed by atoms with van der Waals surface area (Å²) < 4.78 is 14.6. The maximum atomic E-state index is 13.0. The highest BCUT2D eigenvalue weighted by molar-refractivity contribution is 5.97. The second-order valence-corrected chi connectivity index (χ2v) is 6.47. The van der Waals surface area contributed by atoms with Crippen LogP contribution in [0.15, 0.2) is 61.3 Å². The molecular weight excluding hydrogens is 373 g/mol. The van der Waals surface area contributed by atoms with E-state index in [9.17, 15) is 9.18 Å². The molecule has 1 N–H and O–H groups in total. The molecule has 4 aromatic rings. The van der Waals surface area contributed by atoms with Crippen molar-refractivity contribution in [2.75, 3.05) is 6.54 Å². The monoisotopic (exact) mass is 391 g/mol. The van der Waals surface area contributed by atoms with Gasteiger partial charge in [0, 0.05) is 12.7 Å². The van der Waals surface area contributed by atoms with Crippen molar-refractivity contribution < 1.29 is 9.18 Å². The first-order chi connectivity index (χ1) is 14.1. The summed E-state index contributed by atoms with van der Waals surface area (Å²) in [6.07, 6.45) is 8.37. The van der Waals surface area contributed by atoms with Gasteiger partial charge in [0.15, 0.2) is 5.82 Å². The van der Waals surface area contributed by atoms with Gasteiger partial charge in [0.1, 0.15) is 5.82 Å². The van der Waals surface area contributed by atoms with E-state index in [1.807, 2.05) is 25.1 Å². The molecule has 9 heteroatoms. The number of hydrogen-bond acceptors (Lipinski definition) is 5. The van der Waals surface area contributed by atoms with Crippen LogP contribution in [0.2, 0.25) is 0 Å². The lowest BCUT2D eigenvalue weighted by Gasteiger charge is -2.10. The molecule has 0 aliphatic rings. The van der Waals surface area contributed by atoms with Crippen molar-refractivity contribution in [1.29, 1.82) is 0 Å². The fourth-order valence-corrected chi connectivity index (χ4v) is 2.88. The molecule has 1 amide bonds. The van der Waals surface area contributed by atoms with Crippen molar-refractivity contribution in [1.82, 2.24) is 35.1 Å². The molecule has 4 rings (SSSR count). The van der Waals surface area contributed by atoms with Gasteiger partial charge in [-0.1, -0.05) is 11.6 Å². The second-order valence-electron chi connectivity index (χ2n) is 6.47. The fourth-order valence-electron chi connectivity index (χ4n) is 2.88. The molecule has 0 aliphatic heterocycles. The first kappa shape index (κ1) is 18.5. The third-order valence-electron chi connectivity index (χ3n) is 4.31. The zero-order chi connectivity index (χ0) is 20.2. The molecule has 0 saturated carbocycles. The zero-order valence-corrected chi connectivity index (χ0v) is 15.7. The summed E-state index contributed by atoms with van der Waals surface area (Å²) in [7, 11) is 0. The maximum Gasteiger partial charge on any atom is 0.253 e. The lowest BCUT2D eigenvalue weighted by molar-refractivity contribution is 0.0953. The van der Waals surface area contributed by atoms with Crippen LogP contribution >= 0.6 is 0 Å². The Morgan fingerprint density at radius 3 is 2.69 bits per heavy atom. The van der Waals surface area contributed by atoms with Gasteiger partial charge in [-0.15, -0.1) is 0 Å². The predicted molar refractivity (Wildman–Crippen MR) is 103 cm³/mol. The Kier molecular flexibility index (Phi) is 5.10. The van der Waals surface area contributed by atoms with Crippen molar-refractivity contribution in [3.05, 3.63) is 83.8 Å². The Morgan fingerprint density at radius 1 is 1.10 bits per heavy atom. The summed E-state index contributed by atoms with van der Waals surface area (Å²) in [6.45, 7) is 2.36. The molecule has 29 heavy (non-hydrogen) atoms. The van der Waals surface area contributed by atoms with Crippen LogP contribution < -0.4 is 5.32 Å². The summed E-state index contributed by atoms with van der Waals surface area (Å²) >= 11 is 0. The van der Waals surface area contributed by atoms with Gasteiger partial charge >= 0.3 is 0 Å². The zero-order valence-electron chi connectivity index (χ0n) is 15.7. The minimum atomic E-state index is -0.398. The molecule has 1 aromatic carbocycles. The second kappa shape index (κ2) is 8.01. The molecular formula is C20H18FN7O. The highest BCUT2D eigenvalue weighted by Crippen LogP contribution is 2.15. The molecule has 0 radical (unpaired) electrons. The lowest BCUT2D eigenvalue weighted by Crippen LogP contribution is -2.27. The number of hydrogen-bond donors (Lipinski definition) is 1. The number of halogens is 1. The summed E-state index contributed by atoms with van der Waals surface area (Å²) in [5.41, 5.74) is 3.02. The molecule has 8 nitrogen and oxygen atoms in total. The molecule has 0 saturated heterocycles. The van der Waals surface area contributed by atoms with Gasteiger partial charge in [0.2, 0.25) is 0 Å². The van der Waals surface area contributed by atoms with Crippen molar-refractivity contribution in [2.45, 2.75) is 13.3 Å². The Balaban J connectivity index is 1.41. The normalized spacial score (nSPS) is 10.8. The number of benzene rings is 1. The summed E-state index contributed by atoms with van der Waals surface area (Å²) in [5, 5.41) is 15.4. The van der Waals surface area contributed by atoms with E-state index in [0.717, 1.165) is 17.3 Å². The number of carbonyl (C=O) groups excluding carboxylic acids is 1. The van der Waals surface area contributed by atoms with Gasteiger partial charge in [0.25, 0.3) is 5.91 Å². The largest absolute Gasteiger partial charge is 0.352 e. The number of aromatic nitrogens is 6. The van der Waals surface area contributed by atoms with Crippen LogP contribution in [-0.4, -0.2) is 42.2 Å². The Morgan fingerprint density at radius 2 is 1.93 bits per heavy atom. The molecule has 146 valence electrons. The molecule has 0 aliphatic carbocycles. The van der Waals surface area contributed by atoms with Crippen molar-refractivity contribution >= 4 is 5.91 Å². The third kappa shape index (κ3) is 4.18. The van der Waals surface area contributed by atoms with E-state index in [0.29, 0.717) is 30.0 Å². The number of pyridine rings is 1. The van der Waals surface area contributed by atoms with Crippen LogP contribution in [0.3, 0.4) is 0 Å².